The lowest BCUT2D eigenvalue weighted by molar-refractivity contribution is -0.142. The summed E-state index contributed by atoms with van der Waals surface area (Å²) in [6.45, 7) is 8.01. The molecule has 3 rings (SSSR count). The molecule has 1 aromatic carbocycles. The number of hydrogen-bond donors (Lipinski definition) is 3. The molecule has 0 aromatic heterocycles. The average Bonchev–Trinajstić information content (AvgIpc) is 3.35. The van der Waals surface area contributed by atoms with Crippen LogP contribution in [0.4, 0.5) is 5.69 Å². The van der Waals surface area contributed by atoms with Crippen LogP contribution in [0.2, 0.25) is 0 Å². The number of amides is 3. The van der Waals surface area contributed by atoms with E-state index in [1.165, 1.54) is 4.90 Å². The van der Waals surface area contributed by atoms with Crippen LogP contribution in [0.25, 0.3) is 0 Å². The van der Waals surface area contributed by atoms with Crippen molar-refractivity contribution >= 4 is 29.4 Å². The number of nitrogens with two attached hydrogens (primary N) is 1. The van der Waals surface area contributed by atoms with Crippen molar-refractivity contribution in [3.63, 3.8) is 0 Å². The Morgan fingerprint density at radius 3 is 2.56 bits per heavy atom. The van der Waals surface area contributed by atoms with Gasteiger partial charge in [0.05, 0.1) is 12.5 Å². The Hall–Kier alpha value is -3.10. The molecule has 0 radical (unpaired) electrons. The molecular formula is C23H32N4O5. The minimum absolute atomic E-state index is 0.133. The van der Waals surface area contributed by atoms with Crippen molar-refractivity contribution in [3.8, 4) is 0 Å². The molecule has 2 saturated heterocycles. The molecule has 3 atom stereocenters. The first-order valence-electron chi connectivity index (χ1n) is 10.9. The van der Waals surface area contributed by atoms with Gasteiger partial charge < -0.3 is 26.0 Å². The first-order valence-corrected chi connectivity index (χ1v) is 10.9. The van der Waals surface area contributed by atoms with E-state index in [9.17, 15) is 19.2 Å². The number of carbonyl (C=O) groups excluding carboxylic acids is 4. The Bertz CT molecular complexity index is 923. The van der Waals surface area contributed by atoms with Crippen molar-refractivity contribution in [1.82, 2.24) is 15.5 Å². The lowest BCUT2D eigenvalue weighted by atomic mass is 9.85. The molecule has 2 aliphatic heterocycles. The Labute approximate surface area is 188 Å². The Balaban J connectivity index is 1.74. The van der Waals surface area contributed by atoms with Gasteiger partial charge in [-0.15, -0.1) is 0 Å². The number of anilines is 1. The van der Waals surface area contributed by atoms with Crippen LogP contribution in [0.5, 0.6) is 0 Å². The fourth-order valence-electron chi connectivity index (χ4n) is 4.05. The number of aryl methyl sites for hydroxylation is 1. The van der Waals surface area contributed by atoms with Gasteiger partial charge in [0.1, 0.15) is 18.7 Å². The topological polar surface area (TPSA) is 131 Å². The number of rotatable bonds is 5. The van der Waals surface area contributed by atoms with Crippen LogP contribution < -0.4 is 16.4 Å². The molecule has 174 valence electrons. The standard InChI is InChI=1S/C23H32N4O5/c1-13-10-14(7-8-16(13)24)20(29)26-19(23(2,3)4)22(31)27-9-5-6-17(27)21(30)25-15-11-18(28)32-12-15/h7-8,10,15,17,19H,5-6,9,11-12,24H2,1-4H3,(H,25,30)(H,26,29). The summed E-state index contributed by atoms with van der Waals surface area (Å²) in [5.41, 5.74) is 7.05. The molecule has 9 heteroatoms. The molecule has 2 aliphatic rings. The number of nitrogens with zero attached hydrogens (tertiary/aromatic N) is 1. The van der Waals surface area contributed by atoms with Crippen molar-refractivity contribution in [2.75, 3.05) is 18.9 Å². The SMILES string of the molecule is Cc1cc(C(=O)NC(C(=O)N2CCCC2C(=O)NC2COC(=O)C2)C(C)(C)C)ccc1N. The Kier molecular flexibility index (Phi) is 6.76. The fraction of sp³-hybridized carbons (Fsp3) is 0.565. The van der Waals surface area contributed by atoms with Gasteiger partial charge in [0, 0.05) is 17.8 Å². The van der Waals surface area contributed by atoms with E-state index in [1.54, 1.807) is 18.2 Å². The highest BCUT2D eigenvalue weighted by Gasteiger charge is 2.42. The molecule has 0 saturated carbocycles. The predicted octanol–water partition coefficient (Wildman–Crippen LogP) is 1.14. The second kappa shape index (κ2) is 9.18. The number of ether oxygens (including phenoxy) is 1. The third-order valence-corrected chi connectivity index (χ3v) is 5.96. The summed E-state index contributed by atoms with van der Waals surface area (Å²) < 4.78 is 4.90. The summed E-state index contributed by atoms with van der Waals surface area (Å²) in [5.74, 6) is -1.31. The van der Waals surface area contributed by atoms with E-state index >= 15 is 0 Å². The smallest absolute Gasteiger partial charge is 0.308 e. The van der Waals surface area contributed by atoms with E-state index in [-0.39, 0.29) is 42.8 Å². The van der Waals surface area contributed by atoms with Gasteiger partial charge in [0.15, 0.2) is 0 Å². The molecule has 3 amide bonds. The fourth-order valence-corrected chi connectivity index (χ4v) is 4.05. The highest BCUT2D eigenvalue weighted by Crippen LogP contribution is 2.26. The van der Waals surface area contributed by atoms with Gasteiger partial charge in [-0.1, -0.05) is 20.8 Å². The van der Waals surface area contributed by atoms with Gasteiger partial charge in [-0.05, 0) is 48.9 Å². The first kappa shape index (κ1) is 23.6. The highest BCUT2D eigenvalue weighted by atomic mass is 16.5. The molecule has 3 unspecified atom stereocenters. The van der Waals surface area contributed by atoms with Crippen molar-refractivity contribution < 1.29 is 23.9 Å². The number of hydrogen-bond acceptors (Lipinski definition) is 6. The van der Waals surface area contributed by atoms with Gasteiger partial charge in [-0.25, -0.2) is 0 Å². The molecule has 2 fully saturated rings. The zero-order valence-corrected chi connectivity index (χ0v) is 19.1. The van der Waals surface area contributed by atoms with E-state index in [2.05, 4.69) is 10.6 Å². The Morgan fingerprint density at radius 1 is 1.25 bits per heavy atom. The predicted molar refractivity (Wildman–Crippen MR) is 119 cm³/mol. The second-order valence-corrected chi connectivity index (χ2v) is 9.63. The van der Waals surface area contributed by atoms with Gasteiger partial charge in [0.2, 0.25) is 11.8 Å². The van der Waals surface area contributed by atoms with Gasteiger partial charge in [0.25, 0.3) is 5.91 Å². The number of nitrogen functional groups attached to an aromatic ring is 1. The molecule has 0 spiro atoms. The molecule has 2 heterocycles. The molecule has 9 nitrogen and oxygen atoms in total. The number of likely N-dealkylation sites (tertiary alicyclic amines) is 1. The quantitative estimate of drug-likeness (QED) is 0.461. The van der Waals surface area contributed by atoms with E-state index in [4.69, 9.17) is 10.5 Å². The molecule has 4 N–H and O–H groups in total. The third-order valence-electron chi connectivity index (χ3n) is 5.96. The van der Waals surface area contributed by atoms with Crippen molar-refractivity contribution in [3.05, 3.63) is 29.3 Å². The molecule has 0 aliphatic carbocycles. The monoisotopic (exact) mass is 444 g/mol. The number of nitrogens with one attached hydrogen (secondary N) is 2. The molecule has 32 heavy (non-hydrogen) atoms. The van der Waals surface area contributed by atoms with Crippen molar-refractivity contribution in [2.24, 2.45) is 5.41 Å². The van der Waals surface area contributed by atoms with E-state index < -0.39 is 17.5 Å². The zero-order valence-electron chi connectivity index (χ0n) is 19.1. The maximum atomic E-state index is 13.5. The van der Waals surface area contributed by atoms with Crippen LogP contribution in [0.3, 0.4) is 0 Å². The normalized spacial score (nSPS) is 21.8. The first-order chi connectivity index (χ1) is 15.0. The summed E-state index contributed by atoms with van der Waals surface area (Å²) in [6.07, 6.45) is 1.35. The summed E-state index contributed by atoms with van der Waals surface area (Å²) in [5, 5.41) is 5.68. The summed E-state index contributed by atoms with van der Waals surface area (Å²) in [4.78, 5) is 52.1. The second-order valence-electron chi connectivity index (χ2n) is 9.63. The minimum atomic E-state index is -0.822. The molecule has 0 bridgehead atoms. The van der Waals surface area contributed by atoms with Crippen LogP contribution in [-0.2, 0) is 19.1 Å². The van der Waals surface area contributed by atoms with Gasteiger partial charge >= 0.3 is 5.97 Å². The number of carbonyl (C=O) groups is 4. The zero-order chi connectivity index (χ0) is 23.6. The number of benzene rings is 1. The maximum absolute atomic E-state index is 13.5. The number of cyclic esters (lactones) is 1. The van der Waals surface area contributed by atoms with Gasteiger partial charge in [-0.2, -0.15) is 0 Å². The summed E-state index contributed by atoms with van der Waals surface area (Å²) >= 11 is 0. The van der Waals surface area contributed by atoms with Gasteiger partial charge in [-0.3, -0.25) is 19.2 Å². The number of esters is 1. The highest BCUT2D eigenvalue weighted by molar-refractivity contribution is 5.99. The van der Waals surface area contributed by atoms with Crippen molar-refractivity contribution in [2.45, 2.75) is 65.1 Å². The largest absolute Gasteiger partial charge is 0.463 e. The lowest BCUT2D eigenvalue weighted by Gasteiger charge is -2.35. The lowest BCUT2D eigenvalue weighted by Crippen LogP contribution is -2.58. The van der Waals surface area contributed by atoms with Crippen molar-refractivity contribution in [1.29, 1.82) is 0 Å². The molecule has 1 aromatic rings. The van der Waals surface area contributed by atoms with Crippen LogP contribution in [0, 0.1) is 12.3 Å². The van der Waals surface area contributed by atoms with Crippen LogP contribution in [0.1, 0.15) is 56.0 Å². The maximum Gasteiger partial charge on any atom is 0.308 e. The van der Waals surface area contributed by atoms with Crippen LogP contribution in [0.15, 0.2) is 18.2 Å². The van der Waals surface area contributed by atoms with Crippen LogP contribution in [-0.4, -0.2) is 59.9 Å². The van der Waals surface area contributed by atoms with E-state index in [0.717, 1.165) is 5.56 Å². The Morgan fingerprint density at radius 2 is 1.97 bits per heavy atom. The average molecular weight is 445 g/mol. The minimum Gasteiger partial charge on any atom is -0.463 e. The summed E-state index contributed by atoms with van der Waals surface area (Å²) in [7, 11) is 0. The summed E-state index contributed by atoms with van der Waals surface area (Å²) in [6, 6.07) is 3.14. The van der Waals surface area contributed by atoms with E-state index in [1.807, 2.05) is 27.7 Å². The van der Waals surface area contributed by atoms with Crippen LogP contribution >= 0.6 is 0 Å². The van der Waals surface area contributed by atoms with E-state index in [0.29, 0.717) is 30.6 Å². The third kappa shape index (κ3) is 5.20. The molecular weight excluding hydrogens is 412 g/mol.